The molecule has 0 amide bonds. The van der Waals surface area contributed by atoms with E-state index in [-0.39, 0.29) is 5.97 Å². The Balaban J connectivity index is 2.44. The molecule has 0 spiro atoms. The Hall–Kier alpha value is -1.16. The van der Waals surface area contributed by atoms with Crippen LogP contribution in [0.2, 0.25) is 0 Å². The predicted octanol–water partition coefficient (Wildman–Crippen LogP) is 1.16. The van der Waals surface area contributed by atoms with Crippen molar-refractivity contribution < 1.29 is 14.3 Å². The van der Waals surface area contributed by atoms with Crippen LogP contribution in [-0.4, -0.2) is 43.4 Å². The van der Waals surface area contributed by atoms with E-state index in [1.54, 1.807) is 0 Å². The molecule has 4 nitrogen and oxygen atoms in total. The van der Waals surface area contributed by atoms with Crippen LogP contribution < -0.4 is 0 Å². The van der Waals surface area contributed by atoms with Gasteiger partial charge in [-0.15, -0.1) is 0 Å². The number of ketones is 1. The maximum absolute atomic E-state index is 11.3. The summed E-state index contributed by atoms with van der Waals surface area (Å²) in [6, 6.07) is 0. The van der Waals surface area contributed by atoms with Gasteiger partial charge < -0.3 is 4.74 Å². The maximum Gasteiger partial charge on any atom is 0.333 e. The first kappa shape index (κ1) is 12.9. The highest BCUT2D eigenvalue weighted by Gasteiger charge is 2.15. The van der Waals surface area contributed by atoms with Crippen LogP contribution in [0.3, 0.4) is 0 Å². The fraction of sp³-hybridized carbons (Fsp3) is 0.667. The highest BCUT2D eigenvalue weighted by molar-refractivity contribution is 5.88. The van der Waals surface area contributed by atoms with E-state index in [2.05, 4.69) is 9.64 Å². The van der Waals surface area contributed by atoms with Crippen molar-refractivity contribution in [3.05, 3.63) is 11.6 Å². The van der Waals surface area contributed by atoms with Crippen LogP contribution in [-0.2, 0) is 14.3 Å². The number of rotatable bonds is 4. The first-order valence-corrected chi connectivity index (χ1v) is 5.68. The van der Waals surface area contributed by atoms with Crippen LogP contribution in [0.25, 0.3) is 0 Å². The molecule has 0 saturated carbocycles. The number of ether oxygens (including phenoxy) is 1. The van der Waals surface area contributed by atoms with Crippen LogP contribution in [0.1, 0.15) is 26.2 Å². The number of carbonyl (C=O) groups excluding carboxylic acids is 2. The molecule has 0 bridgehead atoms. The number of Topliss-reactive ketones (excluding diaryl/α,β-unsaturated/α-hetero) is 1. The van der Waals surface area contributed by atoms with Gasteiger partial charge >= 0.3 is 5.97 Å². The minimum Gasteiger partial charge on any atom is -0.466 e. The van der Waals surface area contributed by atoms with E-state index in [0.29, 0.717) is 30.6 Å². The third-order valence-electron chi connectivity index (χ3n) is 2.84. The highest BCUT2D eigenvalue weighted by Crippen LogP contribution is 2.08. The molecular weight excluding hydrogens is 206 g/mol. The number of carbonyl (C=O) groups is 2. The van der Waals surface area contributed by atoms with Crippen LogP contribution in [0.15, 0.2) is 11.6 Å². The summed E-state index contributed by atoms with van der Waals surface area (Å²) < 4.78 is 4.68. The van der Waals surface area contributed by atoms with Crippen LogP contribution >= 0.6 is 0 Å². The number of esters is 1. The molecule has 1 rings (SSSR count). The van der Waals surface area contributed by atoms with E-state index in [9.17, 15) is 9.59 Å². The van der Waals surface area contributed by atoms with Crippen molar-refractivity contribution in [2.75, 3.05) is 26.7 Å². The van der Waals surface area contributed by atoms with Gasteiger partial charge in [-0.05, 0) is 6.42 Å². The van der Waals surface area contributed by atoms with Gasteiger partial charge in [0.05, 0.1) is 7.11 Å². The minimum atomic E-state index is -0.254. The zero-order chi connectivity index (χ0) is 12.0. The summed E-state index contributed by atoms with van der Waals surface area (Å²) in [5, 5.41) is 0. The molecule has 0 atom stereocenters. The largest absolute Gasteiger partial charge is 0.466 e. The molecule has 1 aliphatic rings. The molecule has 0 aromatic rings. The zero-order valence-corrected chi connectivity index (χ0v) is 9.99. The first-order chi connectivity index (χ1) is 7.67. The molecule has 0 aromatic heterocycles. The normalized spacial score (nSPS) is 18.6. The minimum absolute atomic E-state index is 0.254. The lowest BCUT2D eigenvalue weighted by Gasteiger charge is -2.24. The average molecular weight is 225 g/mol. The van der Waals surface area contributed by atoms with Crippen LogP contribution in [0, 0.1) is 0 Å². The van der Waals surface area contributed by atoms with E-state index < -0.39 is 0 Å². The van der Waals surface area contributed by atoms with Crippen molar-refractivity contribution >= 4 is 11.8 Å². The third-order valence-corrected chi connectivity index (χ3v) is 2.84. The van der Waals surface area contributed by atoms with E-state index in [1.165, 1.54) is 7.11 Å². The van der Waals surface area contributed by atoms with Crippen molar-refractivity contribution in [3.8, 4) is 0 Å². The van der Waals surface area contributed by atoms with Gasteiger partial charge in [-0.25, -0.2) is 4.79 Å². The Morgan fingerprint density at radius 3 is 2.56 bits per heavy atom. The van der Waals surface area contributed by atoms with Crippen molar-refractivity contribution in [1.29, 1.82) is 0 Å². The number of likely N-dealkylation sites (tertiary alicyclic amines) is 1. The number of hydrogen-bond donors (Lipinski definition) is 0. The topological polar surface area (TPSA) is 46.6 Å². The quantitative estimate of drug-likeness (QED) is 0.532. The Morgan fingerprint density at radius 1 is 1.44 bits per heavy atom. The molecule has 90 valence electrons. The Morgan fingerprint density at radius 2 is 2.06 bits per heavy atom. The molecule has 1 heterocycles. The predicted molar refractivity (Wildman–Crippen MR) is 61.1 cm³/mol. The standard InChI is InChI=1S/C12H19NO3/c1-3-10(12(15)16-2)4-7-13-8-5-11(14)6-9-13/h4H,3,5-9H2,1-2H3. The molecule has 1 aliphatic heterocycles. The number of nitrogens with zero attached hydrogens (tertiary/aromatic N) is 1. The second kappa shape index (κ2) is 6.43. The van der Waals surface area contributed by atoms with E-state index in [0.717, 1.165) is 19.6 Å². The SMILES string of the molecule is CCC(=CCN1CCC(=O)CC1)C(=O)OC. The lowest BCUT2D eigenvalue weighted by molar-refractivity contribution is -0.136. The van der Waals surface area contributed by atoms with E-state index in [1.807, 2.05) is 13.0 Å². The van der Waals surface area contributed by atoms with Gasteiger partial charge in [0, 0.05) is 38.0 Å². The molecule has 1 saturated heterocycles. The summed E-state index contributed by atoms with van der Waals surface area (Å²) in [6.07, 6.45) is 3.85. The fourth-order valence-corrected chi connectivity index (χ4v) is 1.73. The van der Waals surface area contributed by atoms with Gasteiger partial charge in [-0.2, -0.15) is 0 Å². The molecule has 4 heteroatoms. The lowest BCUT2D eigenvalue weighted by atomic mass is 10.1. The summed E-state index contributed by atoms with van der Waals surface area (Å²) in [6.45, 7) is 4.26. The molecule has 0 N–H and O–H groups in total. The molecule has 0 radical (unpaired) electrons. The lowest BCUT2D eigenvalue weighted by Crippen LogP contribution is -2.34. The smallest absolute Gasteiger partial charge is 0.333 e. The molecule has 0 unspecified atom stereocenters. The van der Waals surface area contributed by atoms with E-state index >= 15 is 0 Å². The first-order valence-electron chi connectivity index (χ1n) is 5.68. The Kier molecular flexibility index (Phi) is 5.19. The summed E-state index contributed by atoms with van der Waals surface area (Å²) >= 11 is 0. The molecular formula is C12H19NO3. The molecule has 16 heavy (non-hydrogen) atoms. The Bertz CT molecular complexity index is 287. The average Bonchev–Trinajstić information content (AvgIpc) is 2.31. The second-order valence-electron chi connectivity index (χ2n) is 3.91. The van der Waals surface area contributed by atoms with Crippen molar-refractivity contribution in [2.45, 2.75) is 26.2 Å². The monoisotopic (exact) mass is 225 g/mol. The number of piperidine rings is 1. The maximum atomic E-state index is 11.3. The summed E-state index contributed by atoms with van der Waals surface area (Å²) in [5.74, 6) is 0.0829. The molecule has 1 fully saturated rings. The van der Waals surface area contributed by atoms with Crippen molar-refractivity contribution in [1.82, 2.24) is 4.90 Å². The van der Waals surface area contributed by atoms with Crippen LogP contribution in [0.4, 0.5) is 0 Å². The van der Waals surface area contributed by atoms with Crippen molar-refractivity contribution in [2.24, 2.45) is 0 Å². The zero-order valence-electron chi connectivity index (χ0n) is 9.99. The number of methoxy groups -OCH3 is 1. The van der Waals surface area contributed by atoms with E-state index in [4.69, 9.17) is 0 Å². The molecule has 0 aliphatic carbocycles. The Labute approximate surface area is 96.3 Å². The van der Waals surface area contributed by atoms with Gasteiger partial charge in [-0.3, -0.25) is 9.69 Å². The fourth-order valence-electron chi connectivity index (χ4n) is 1.73. The van der Waals surface area contributed by atoms with Gasteiger partial charge in [0.2, 0.25) is 0 Å². The van der Waals surface area contributed by atoms with Gasteiger partial charge in [0.1, 0.15) is 5.78 Å². The highest BCUT2D eigenvalue weighted by atomic mass is 16.5. The summed E-state index contributed by atoms with van der Waals surface area (Å²) in [4.78, 5) is 24.5. The van der Waals surface area contributed by atoms with Gasteiger partial charge in [0.25, 0.3) is 0 Å². The van der Waals surface area contributed by atoms with Gasteiger partial charge in [0.15, 0.2) is 0 Å². The van der Waals surface area contributed by atoms with Gasteiger partial charge in [-0.1, -0.05) is 13.0 Å². The number of hydrogen-bond acceptors (Lipinski definition) is 4. The summed E-state index contributed by atoms with van der Waals surface area (Å²) in [7, 11) is 1.39. The third kappa shape index (κ3) is 3.77. The van der Waals surface area contributed by atoms with Crippen molar-refractivity contribution in [3.63, 3.8) is 0 Å². The second-order valence-corrected chi connectivity index (χ2v) is 3.91. The van der Waals surface area contributed by atoms with Crippen LogP contribution in [0.5, 0.6) is 0 Å². The molecule has 0 aromatic carbocycles. The summed E-state index contributed by atoms with van der Waals surface area (Å²) in [5.41, 5.74) is 0.708.